The van der Waals surface area contributed by atoms with Crippen LogP contribution in [-0.4, -0.2) is 34.8 Å². The Kier molecular flexibility index (Phi) is 5.44. The van der Waals surface area contributed by atoms with Crippen LogP contribution >= 0.6 is 0 Å². The molecule has 0 atom stereocenters. The summed E-state index contributed by atoms with van der Waals surface area (Å²) in [4.78, 5) is 30.1. The Morgan fingerprint density at radius 2 is 1.64 bits per heavy atom. The molecule has 4 aromatic rings. The van der Waals surface area contributed by atoms with Gasteiger partial charge in [-0.2, -0.15) is 0 Å². The second-order valence-electron chi connectivity index (χ2n) is 8.43. The maximum Gasteiger partial charge on any atom is 0.253 e. The van der Waals surface area contributed by atoms with Crippen LogP contribution in [0.15, 0.2) is 66.7 Å². The normalized spacial score (nSPS) is 13.5. The lowest BCUT2D eigenvalue weighted by Crippen LogP contribution is -2.27. The number of rotatable bonds is 5. The summed E-state index contributed by atoms with van der Waals surface area (Å²) in [6, 6.07) is 21.3. The number of hydrogen-bond acceptors (Lipinski definition) is 3. The fourth-order valence-electron chi connectivity index (χ4n) is 4.67. The first kappa shape index (κ1) is 21.0. The molecule has 3 aromatic carbocycles. The van der Waals surface area contributed by atoms with Gasteiger partial charge < -0.3 is 21.4 Å². The van der Waals surface area contributed by atoms with E-state index in [0.29, 0.717) is 23.2 Å². The van der Waals surface area contributed by atoms with E-state index in [1.54, 1.807) is 6.07 Å². The van der Waals surface area contributed by atoms with E-state index in [-0.39, 0.29) is 5.91 Å². The zero-order valence-electron chi connectivity index (χ0n) is 18.3. The number of carbonyl (C=O) groups excluding carboxylic acids is 2. The molecule has 1 fully saturated rings. The van der Waals surface area contributed by atoms with Crippen molar-refractivity contribution in [2.24, 2.45) is 11.5 Å². The maximum absolute atomic E-state index is 12.7. The third-order valence-corrected chi connectivity index (χ3v) is 6.42. The van der Waals surface area contributed by atoms with Crippen molar-refractivity contribution in [3.05, 3.63) is 83.4 Å². The summed E-state index contributed by atoms with van der Waals surface area (Å²) in [5, 5.41) is 0.902. The Morgan fingerprint density at radius 1 is 0.909 bits per heavy atom. The standard InChI is InChI=1S/C27H26N4O2/c28-16-19-5-1-2-6-20(19)21-11-12-22(26(29)32)25-23(21)15-24(30-25)17-7-9-18(10-8-17)27(33)31-13-3-4-14-31/h1-2,5-12,15,30H,3-4,13-14,16,28H2,(H2,29,32). The Morgan fingerprint density at radius 3 is 2.33 bits per heavy atom. The minimum absolute atomic E-state index is 0.0763. The third kappa shape index (κ3) is 3.79. The van der Waals surface area contributed by atoms with Crippen LogP contribution in [0.4, 0.5) is 0 Å². The van der Waals surface area contributed by atoms with Crippen molar-refractivity contribution < 1.29 is 9.59 Å². The van der Waals surface area contributed by atoms with E-state index in [2.05, 4.69) is 4.98 Å². The van der Waals surface area contributed by atoms with Crippen molar-refractivity contribution >= 4 is 22.7 Å². The summed E-state index contributed by atoms with van der Waals surface area (Å²) in [7, 11) is 0. The quantitative estimate of drug-likeness (QED) is 0.433. The van der Waals surface area contributed by atoms with Crippen molar-refractivity contribution in [1.29, 1.82) is 0 Å². The number of aromatic amines is 1. The summed E-state index contributed by atoms with van der Waals surface area (Å²) in [6.45, 7) is 2.07. The monoisotopic (exact) mass is 438 g/mol. The minimum atomic E-state index is -0.487. The van der Waals surface area contributed by atoms with Gasteiger partial charge in [-0.3, -0.25) is 9.59 Å². The second-order valence-corrected chi connectivity index (χ2v) is 8.43. The van der Waals surface area contributed by atoms with Crippen molar-refractivity contribution in [1.82, 2.24) is 9.88 Å². The van der Waals surface area contributed by atoms with Gasteiger partial charge >= 0.3 is 0 Å². The molecule has 0 spiro atoms. The predicted octanol–water partition coefficient (Wildman–Crippen LogP) is 4.30. The average molecular weight is 439 g/mol. The highest BCUT2D eigenvalue weighted by atomic mass is 16.2. The van der Waals surface area contributed by atoms with Crippen molar-refractivity contribution in [3.8, 4) is 22.4 Å². The molecule has 5 N–H and O–H groups in total. The number of primary amides is 1. The van der Waals surface area contributed by atoms with Crippen LogP contribution in [0.2, 0.25) is 0 Å². The molecule has 33 heavy (non-hydrogen) atoms. The maximum atomic E-state index is 12.7. The molecule has 166 valence electrons. The fourth-order valence-corrected chi connectivity index (χ4v) is 4.67. The van der Waals surface area contributed by atoms with E-state index < -0.39 is 5.91 Å². The van der Waals surface area contributed by atoms with E-state index in [0.717, 1.165) is 59.3 Å². The topological polar surface area (TPSA) is 105 Å². The lowest BCUT2D eigenvalue weighted by molar-refractivity contribution is 0.0792. The van der Waals surface area contributed by atoms with Gasteiger partial charge in [-0.25, -0.2) is 0 Å². The molecule has 1 aromatic heterocycles. The molecule has 0 bridgehead atoms. The van der Waals surface area contributed by atoms with E-state index in [1.165, 1.54) is 0 Å². The number of hydrogen-bond donors (Lipinski definition) is 3. The Hall–Kier alpha value is -3.90. The van der Waals surface area contributed by atoms with Crippen LogP contribution in [0.3, 0.4) is 0 Å². The zero-order chi connectivity index (χ0) is 22.9. The zero-order valence-corrected chi connectivity index (χ0v) is 18.3. The molecular weight excluding hydrogens is 412 g/mol. The number of likely N-dealkylation sites (tertiary alicyclic amines) is 1. The molecule has 1 saturated heterocycles. The Bertz CT molecular complexity index is 1350. The van der Waals surface area contributed by atoms with Gasteiger partial charge in [0.1, 0.15) is 0 Å². The van der Waals surface area contributed by atoms with E-state index in [4.69, 9.17) is 11.5 Å². The molecule has 0 aliphatic carbocycles. The summed E-state index contributed by atoms with van der Waals surface area (Å²) < 4.78 is 0. The first-order chi connectivity index (χ1) is 16.1. The number of nitrogens with zero attached hydrogens (tertiary/aromatic N) is 1. The van der Waals surface area contributed by atoms with Gasteiger partial charge in [-0.15, -0.1) is 0 Å². The van der Waals surface area contributed by atoms with E-state index >= 15 is 0 Å². The molecule has 1 aliphatic heterocycles. The number of carbonyl (C=O) groups is 2. The van der Waals surface area contributed by atoms with Gasteiger partial charge in [0.25, 0.3) is 11.8 Å². The SMILES string of the molecule is NCc1ccccc1-c1ccc(C(N)=O)c2[nH]c(-c3ccc(C(=O)N4CCCC4)cc3)cc12. The lowest BCUT2D eigenvalue weighted by atomic mass is 9.95. The molecule has 2 heterocycles. The van der Waals surface area contributed by atoms with E-state index in [1.807, 2.05) is 65.6 Å². The highest BCUT2D eigenvalue weighted by Crippen LogP contribution is 2.35. The molecule has 1 aliphatic rings. The number of aromatic nitrogens is 1. The predicted molar refractivity (Wildman–Crippen MR) is 131 cm³/mol. The second kappa shape index (κ2) is 8.56. The number of fused-ring (bicyclic) bond motifs is 1. The van der Waals surface area contributed by atoms with Crippen LogP contribution in [0.5, 0.6) is 0 Å². The van der Waals surface area contributed by atoms with Gasteiger partial charge in [0.15, 0.2) is 0 Å². The lowest BCUT2D eigenvalue weighted by Gasteiger charge is -2.15. The smallest absolute Gasteiger partial charge is 0.253 e. The fraction of sp³-hybridized carbons (Fsp3) is 0.185. The Labute approximate surface area is 192 Å². The molecule has 2 amide bonds. The molecule has 0 unspecified atom stereocenters. The largest absolute Gasteiger partial charge is 0.366 e. The molecular formula is C27H26N4O2. The van der Waals surface area contributed by atoms with Gasteiger partial charge in [-0.1, -0.05) is 42.5 Å². The van der Waals surface area contributed by atoms with Gasteiger partial charge in [0, 0.05) is 36.3 Å². The highest BCUT2D eigenvalue weighted by Gasteiger charge is 2.20. The average Bonchev–Trinajstić information content (AvgIpc) is 3.53. The van der Waals surface area contributed by atoms with Crippen molar-refractivity contribution in [2.45, 2.75) is 19.4 Å². The van der Waals surface area contributed by atoms with Crippen molar-refractivity contribution in [3.63, 3.8) is 0 Å². The van der Waals surface area contributed by atoms with Gasteiger partial charge in [0.2, 0.25) is 0 Å². The van der Waals surface area contributed by atoms with Crippen LogP contribution in [-0.2, 0) is 6.54 Å². The van der Waals surface area contributed by atoms with Crippen LogP contribution in [0.1, 0.15) is 39.1 Å². The minimum Gasteiger partial charge on any atom is -0.366 e. The van der Waals surface area contributed by atoms with Crippen molar-refractivity contribution in [2.75, 3.05) is 13.1 Å². The van der Waals surface area contributed by atoms with E-state index in [9.17, 15) is 9.59 Å². The third-order valence-electron chi connectivity index (χ3n) is 6.42. The Balaban J connectivity index is 1.59. The number of amides is 2. The summed E-state index contributed by atoms with van der Waals surface area (Å²) >= 11 is 0. The van der Waals surface area contributed by atoms with Crippen LogP contribution < -0.4 is 11.5 Å². The summed E-state index contributed by atoms with van der Waals surface area (Å²) in [5.74, 6) is -0.411. The molecule has 0 saturated carbocycles. The van der Waals surface area contributed by atoms with Gasteiger partial charge in [0.05, 0.1) is 11.1 Å². The number of benzene rings is 3. The highest BCUT2D eigenvalue weighted by molar-refractivity contribution is 6.10. The van der Waals surface area contributed by atoms with Gasteiger partial charge in [-0.05, 0) is 59.4 Å². The molecule has 0 radical (unpaired) electrons. The van der Waals surface area contributed by atoms with Crippen LogP contribution in [0.25, 0.3) is 33.3 Å². The summed E-state index contributed by atoms with van der Waals surface area (Å²) in [5.41, 5.74) is 18.3. The molecule has 6 heteroatoms. The first-order valence-corrected chi connectivity index (χ1v) is 11.2. The van der Waals surface area contributed by atoms with Crippen LogP contribution in [0, 0.1) is 0 Å². The number of nitrogens with one attached hydrogen (secondary N) is 1. The molecule has 6 nitrogen and oxygen atoms in total. The summed E-state index contributed by atoms with van der Waals surface area (Å²) in [6.07, 6.45) is 2.13. The molecule has 5 rings (SSSR count). The first-order valence-electron chi connectivity index (χ1n) is 11.2. The number of H-pyrrole nitrogens is 1. The number of nitrogens with two attached hydrogens (primary N) is 2.